The first-order valence-corrected chi connectivity index (χ1v) is 8.69. The predicted octanol–water partition coefficient (Wildman–Crippen LogP) is 2.25. The van der Waals surface area contributed by atoms with Gasteiger partial charge >= 0.3 is 17.9 Å². The van der Waals surface area contributed by atoms with E-state index >= 15 is 0 Å². The van der Waals surface area contributed by atoms with Crippen LogP contribution >= 0.6 is 0 Å². The first-order valence-electron chi connectivity index (χ1n) is 8.69. The quantitative estimate of drug-likeness (QED) is 0.617. The fourth-order valence-corrected chi connectivity index (χ4v) is 1.99. The van der Waals surface area contributed by atoms with E-state index in [1.807, 2.05) is 20.8 Å². The van der Waals surface area contributed by atoms with Crippen LogP contribution in [0.1, 0.15) is 31.1 Å². The number of carbonyl (C=O) groups excluding carboxylic acids is 2. The molecule has 2 N–H and O–H groups in total. The van der Waals surface area contributed by atoms with Crippen LogP contribution in [-0.2, 0) is 14.3 Å². The number of esters is 2. The Labute approximate surface area is 162 Å². The highest BCUT2D eigenvalue weighted by molar-refractivity contribution is 5.90. The Morgan fingerprint density at radius 3 is 2.36 bits per heavy atom. The molecule has 0 saturated heterocycles. The van der Waals surface area contributed by atoms with Crippen molar-refractivity contribution in [2.24, 2.45) is 0 Å². The zero-order chi connectivity index (χ0) is 20.5. The number of anilines is 2. The van der Waals surface area contributed by atoms with Gasteiger partial charge in [-0.25, -0.2) is 9.59 Å². The standard InChI is InChI=1S/C18H23N5O5/c1-5-19-16-21-17(20-11(2)3)23-18(22-16)28-13-8-6-12(7-9-13)15(25)27-10-14(24)26-4/h6-9,11H,5,10H2,1-4H3,(H2,19,20,21,22,23). The minimum absolute atomic E-state index is 0.107. The Morgan fingerprint density at radius 2 is 1.75 bits per heavy atom. The molecule has 2 rings (SSSR count). The van der Waals surface area contributed by atoms with Crippen molar-refractivity contribution in [1.29, 1.82) is 0 Å². The molecule has 150 valence electrons. The number of rotatable bonds is 9. The lowest BCUT2D eigenvalue weighted by molar-refractivity contribution is -0.144. The molecule has 0 spiro atoms. The van der Waals surface area contributed by atoms with E-state index in [1.54, 1.807) is 12.1 Å². The third-order valence-corrected chi connectivity index (χ3v) is 3.22. The third-order valence-electron chi connectivity index (χ3n) is 3.22. The summed E-state index contributed by atoms with van der Waals surface area (Å²) >= 11 is 0. The van der Waals surface area contributed by atoms with Crippen molar-refractivity contribution in [3.05, 3.63) is 29.8 Å². The van der Waals surface area contributed by atoms with E-state index in [1.165, 1.54) is 19.2 Å². The average Bonchev–Trinajstić information content (AvgIpc) is 2.66. The first-order chi connectivity index (χ1) is 13.4. The van der Waals surface area contributed by atoms with Gasteiger partial charge in [-0.2, -0.15) is 15.0 Å². The highest BCUT2D eigenvalue weighted by Gasteiger charge is 2.12. The van der Waals surface area contributed by atoms with E-state index in [-0.39, 0.29) is 17.6 Å². The number of hydrogen-bond donors (Lipinski definition) is 2. The van der Waals surface area contributed by atoms with Gasteiger partial charge in [-0.3, -0.25) is 0 Å². The largest absolute Gasteiger partial charge is 0.466 e. The third kappa shape index (κ3) is 6.38. The Morgan fingerprint density at radius 1 is 1.07 bits per heavy atom. The number of nitrogens with one attached hydrogen (secondary N) is 2. The zero-order valence-corrected chi connectivity index (χ0v) is 16.2. The molecule has 0 aliphatic carbocycles. The predicted molar refractivity (Wildman–Crippen MR) is 102 cm³/mol. The van der Waals surface area contributed by atoms with Gasteiger partial charge < -0.3 is 24.8 Å². The van der Waals surface area contributed by atoms with Crippen molar-refractivity contribution in [3.63, 3.8) is 0 Å². The van der Waals surface area contributed by atoms with Crippen LogP contribution in [0.4, 0.5) is 11.9 Å². The van der Waals surface area contributed by atoms with Crippen molar-refractivity contribution in [1.82, 2.24) is 15.0 Å². The molecule has 0 bridgehead atoms. The lowest BCUT2D eigenvalue weighted by atomic mass is 10.2. The average molecular weight is 389 g/mol. The molecule has 2 aromatic rings. The fourth-order valence-electron chi connectivity index (χ4n) is 1.99. The number of nitrogens with zero attached hydrogens (tertiary/aromatic N) is 3. The summed E-state index contributed by atoms with van der Waals surface area (Å²) in [5.74, 6) is -0.0771. The van der Waals surface area contributed by atoms with Gasteiger partial charge in [0.2, 0.25) is 11.9 Å². The summed E-state index contributed by atoms with van der Waals surface area (Å²) in [6, 6.07) is 6.40. The van der Waals surface area contributed by atoms with Gasteiger partial charge in [-0.05, 0) is 45.0 Å². The monoisotopic (exact) mass is 389 g/mol. The summed E-state index contributed by atoms with van der Waals surface area (Å²) < 4.78 is 14.9. The van der Waals surface area contributed by atoms with Crippen molar-refractivity contribution < 1.29 is 23.8 Å². The van der Waals surface area contributed by atoms with Crippen LogP contribution in [0, 0.1) is 0 Å². The molecule has 0 amide bonds. The van der Waals surface area contributed by atoms with E-state index in [0.29, 0.717) is 24.2 Å². The SMILES string of the molecule is CCNc1nc(NC(C)C)nc(Oc2ccc(C(=O)OCC(=O)OC)cc2)n1. The van der Waals surface area contributed by atoms with Crippen molar-refractivity contribution in [2.45, 2.75) is 26.8 Å². The molecular formula is C18H23N5O5. The molecule has 0 aliphatic rings. The van der Waals surface area contributed by atoms with Gasteiger partial charge in [-0.1, -0.05) is 0 Å². The molecule has 10 heteroatoms. The van der Waals surface area contributed by atoms with Crippen molar-refractivity contribution in [2.75, 3.05) is 30.9 Å². The van der Waals surface area contributed by atoms with E-state index in [2.05, 4.69) is 30.3 Å². The summed E-state index contributed by atoms with van der Waals surface area (Å²) in [4.78, 5) is 35.6. The Balaban J connectivity index is 2.09. The molecule has 28 heavy (non-hydrogen) atoms. The Bertz CT molecular complexity index is 811. The second kappa shape index (κ2) is 10.0. The summed E-state index contributed by atoms with van der Waals surface area (Å²) in [7, 11) is 1.22. The number of ether oxygens (including phenoxy) is 3. The van der Waals surface area contributed by atoms with E-state index < -0.39 is 18.5 Å². The van der Waals surface area contributed by atoms with Crippen LogP contribution in [0.25, 0.3) is 0 Å². The highest BCUT2D eigenvalue weighted by Crippen LogP contribution is 2.21. The number of hydrogen-bond acceptors (Lipinski definition) is 10. The zero-order valence-electron chi connectivity index (χ0n) is 16.2. The molecule has 10 nitrogen and oxygen atoms in total. The number of carbonyl (C=O) groups is 2. The molecule has 0 aliphatic heterocycles. The second-order valence-electron chi connectivity index (χ2n) is 5.87. The normalized spacial score (nSPS) is 10.3. The minimum Gasteiger partial charge on any atom is -0.466 e. The molecule has 1 aromatic heterocycles. The van der Waals surface area contributed by atoms with Gasteiger partial charge in [0, 0.05) is 12.6 Å². The Hall–Kier alpha value is -3.43. The number of aromatic nitrogens is 3. The lowest BCUT2D eigenvalue weighted by Gasteiger charge is -2.11. The van der Waals surface area contributed by atoms with E-state index in [0.717, 1.165) is 0 Å². The summed E-state index contributed by atoms with van der Waals surface area (Å²) in [6.45, 7) is 6.06. The van der Waals surface area contributed by atoms with Crippen LogP contribution in [-0.4, -0.2) is 53.2 Å². The molecule has 0 fully saturated rings. The molecule has 0 radical (unpaired) electrons. The maximum absolute atomic E-state index is 11.9. The van der Waals surface area contributed by atoms with Gasteiger partial charge in [0.25, 0.3) is 0 Å². The van der Waals surface area contributed by atoms with Gasteiger partial charge in [0.1, 0.15) is 5.75 Å². The van der Waals surface area contributed by atoms with Crippen LogP contribution in [0.15, 0.2) is 24.3 Å². The summed E-state index contributed by atoms with van der Waals surface area (Å²) in [5.41, 5.74) is 0.266. The fraction of sp³-hybridized carbons (Fsp3) is 0.389. The molecule has 1 aromatic carbocycles. The summed E-state index contributed by atoms with van der Waals surface area (Å²) in [6.07, 6.45) is 0. The Kier molecular flexibility index (Phi) is 7.49. The number of benzene rings is 1. The highest BCUT2D eigenvalue weighted by atomic mass is 16.6. The maximum Gasteiger partial charge on any atom is 0.344 e. The second-order valence-corrected chi connectivity index (χ2v) is 5.87. The van der Waals surface area contributed by atoms with Crippen LogP contribution in [0.5, 0.6) is 11.8 Å². The smallest absolute Gasteiger partial charge is 0.344 e. The number of methoxy groups -OCH3 is 1. The van der Waals surface area contributed by atoms with Crippen molar-refractivity contribution >= 4 is 23.8 Å². The van der Waals surface area contributed by atoms with Gasteiger partial charge in [-0.15, -0.1) is 0 Å². The van der Waals surface area contributed by atoms with E-state index in [4.69, 9.17) is 9.47 Å². The van der Waals surface area contributed by atoms with Crippen LogP contribution < -0.4 is 15.4 Å². The summed E-state index contributed by atoms with van der Waals surface area (Å²) in [5, 5.41) is 6.12. The first kappa shape index (κ1) is 20.9. The molecule has 0 unspecified atom stereocenters. The van der Waals surface area contributed by atoms with E-state index in [9.17, 15) is 9.59 Å². The maximum atomic E-state index is 11.9. The van der Waals surface area contributed by atoms with Crippen LogP contribution in [0.2, 0.25) is 0 Å². The topological polar surface area (TPSA) is 125 Å². The molecule has 0 saturated carbocycles. The lowest BCUT2D eigenvalue weighted by Crippen LogP contribution is -2.15. The molecule has 1 heterocycles. The minimum atomic E-state index is -0.644. The van der Waals surface area contributed by atoms with Gasteiger partial charge in [0.15, 0.2) is 6.61 Å². The molecule has 0 atom stereocenters. The van der Waals surface area contributed by atoms with Crippen LogP contribution in [0.3, 0.4) is 0 Å². The van der Waals surface area contributed by atoms with Crippen molar-refractivity contribution in [3.8, 4) is 11.8 Å². The van der Waals surface area contributed by atoms with Gasteiger partial charge in [0.05, 0.1) is 12.7 Å². The molecular weight excluding hydrogens is 366 g/mol.